The first-order chi connectivity index (χ1) is 10.8. The van der Waals surface area contributed by atoms with Crippen LogP contribution in [0.4, 0.5) is 0 Å². The summed E-state index contributed by atoms with van der Waals surface area (Å²) in [6.07, 6.45) is 3.05. The lowest BCUT2D eigenvalue weighted by Gasteiger charge is -2.10. The summed E-state index contributed by atoms with van der Waals surface area (Å²) in [6, 6.07) is 18.3. The van der Waals surface area contributed by atoms with Crippen molar-refractivity contribution >= 4 is 5.70 Å². The SMILES string of the molecule is C/C=C(\NCCCN)c1ccc(C#Cc2ccccc2)cc1. The molecule has 0 saturated carbocycles. The van der Waals surface area contributed by atoms with Crippen LogP contribution in [0.2, 0.25) is 0 Å². The molecule has 2 aromatic carbocycles. The molecule has 0 bridgehead atoms. The molecule has 22 heavy (non-hydrogen) atoms. The summed E-state index contributed by atoms with van der Waals surface area (Å²) in [4.78, 5) is 0. The van der Waals surface area contributed by atoms with E-state index in [1.165, 1.54) is 5.56 Å². The largest absolute Gasteiger partial charge is 0.385 e. The highest BCUT2D eigenvalue weighted by atomic mass is 14.9. The summed E-state index contributed by atoms with van der Waals surface area (Å²) in [6.45, 7) is 3.64. The third-order valence-corrected chi connectivity index (χ3v) is 3.31. The van der Waals surface area contributed by atoms with Crippen LogP contribution in [0, 0.1) is 11.8 Å². The van der Waals surface area contributed by atoms with Crippen molar-refractivity contribution in [2.45, 2.75) is 13.3 Å². The predicted octanol–water partition coefficient (Wildman–Crippen LogP) is 3.39. The molecule has 0 saturated heterocycles. The molecule has 2 rings (SSSR count). The van der Waals surface area contributed by atoms with Gasteiger partial charge in [0.15, 0.2) is 0 Å². The zero-order valence-corrected chi connectivity index (χ0v) is 13.0. The lowest BCUT2D eigenvalue weighted by Crippen LogP contribution is -2.16. The van der Waals surface area contributed by atoms with Crippen molar-refractivity contribution in [3.8, 4) is 11.8 Å². The van der Waals surface area contributed by atoms with E-state index in [-0.39, 0.29) is 0 Å². The average Bonchev–Trinajstić information content (AvgIpc) is 2.59. The van der Waals surface area contributed by atoms with Crippen LogP contribution in [0.25, 0.3) is 5.70 Å². The molecule has 2 nitrogen and oxygen atoms in total. The quantitative estimate of drug-likeness (QED) is 0.654. The molecular formula is C20H22N2. The Hall–Kier alpha value is -2.50. The minimum absolute atomic E-state index is 0.706. The zero-order chi connectivity index (χ0) is 15.6. The minimum Gasteiger partial charge on any atom is -0.385 e. The molecule has 2 heteroatoms. The first-order valence-electron chi connectivity index (χ1n) is 7.61. The summed E-state index contributed by atoms with van der Waals surface area (Å²) in [5, 5.41) is 3.41. The smallest absolute Gasteiger partial charge is 0.0370 e. The van der Waals surface area contributed by atoms with Gasteiger partial charge in [-0.1, -0.05) is 48.2 Å². The summed E-state index contributed by atoms with van der Waals surface area (Å²) in [5.41, 5.74) is 9.88. The maximum Gasteiger partial charge on any atom is 0.0370 e. The summed E-state index contributed by atoms with van der Waals surface area (Å²) in [5.74, 6) is 6.36. The van der Waals surface area contributed by atoms with E-state index in [9.17, 15) is 0 Å². The normalized spacial score (nSPS) is 10.7. The molecule has 112 valence electrons. The van der Waals surface area contributed by atoms with Gasteiger partial charge in [-0.15, -0.1) is 0 Å². The second-order valence-corrected chi connectivity index (χ2v) is 4.96. The fourth-order valence-corrected chi connectivity index (χ4v) is 2.09. The first kappa shape index (κ1) is 15.9. The van der Waals surface area contributed by atoms with Crippen molar-refractivity contribution in [1.29, 1.82) is 0 Å². The molecule has 0 heterocycles. The number of hydrogen-bond donors (Lipinski definition) is 2. The Kier molecular flexibility index (Phi) is 6.29. The molecule has 0 aromatic heterocycles. The monoisotopic (exact) mass is 290 g/mol. The van der Waals surface area contributed by atoms with Crippen molar-refractivity contribution < 1.29 is 0 Å². The van der Waals surface area contributed by atoms with Crippen molar-refractivity contribution in [1.82, 2.24) is 5.32 Å². The molecule has 0 radical (unpaired) electrons. The molecule has 0 atom stereocenters. The highest BCUT2D eigenvalue weighted by Crippen LogP contribution is 2.12. The Labute approximate surface area is 133 Å². The van der Waals surface area contributed by atoms with E-state index in [4.69, 9.17) is 5.73 Å². The van der Waals surface area contributed by atoms with Gasteiger partial charge in [0.2, 0.25) is 0 Å². The Morgan fingerprint density at radius 1 is 1.00 bits per heavy atom. The molecule has 0 aliphatic heterocycles. The molecular weight excluding hydrogens is 268 g/mol. The van der Waals surface area contributed by atoms with Crippen LogP contribution in [0.3, 0.4) is 0 Å². The van der Waals surface area contributed by atoms with Gasteiger partial charge in [-0.2, -0.15) is 0 Å². The molecule has 0 amide bonds. The Morgan fingerprint density at radius 3 is 2.23 bits per heavy atom. The van der Waals surface area contributed by atoms with Crippen LogP contribution in [0.1, 0.15) is 30.0 Å². The van der Waals surface area contributed by atoms with Crippen LogP contribution in [-0.4, -0.2) is 13.1 Å². The van der Waals surface area contributed by atoms with Gasteiger partial charge in [-0.05, 0) is 49.7 Å². The number of allylic oxidation sites excluding steroid dienone is 1. The standard InChI is InChI=1S/C20H22N2/c1-2-20(22-16-6-15-21)19-13-11-18(12-14-19)10-9-17-7-4-3-5-8-17/h2-5,7-8,11-14,22H,6,15-16,21H2,1H3/b20-2-. The third kappa shape index (κ3) is 4.80. The van der Waals surface area contributed by atoms with E-state index in [1.807, 2.05) is 37.3 Å². The average molecular weight is 290 g/mol. The molecule has 2 aromatic rings. The Morgan fingerprint density at radius 2 is 1.64 bits per heavy atom. The molecule has 0 aliphatic rings. The first-order valence-corrected chi connectivity index (χ1v) is 7.61. The zero-order valence-electron chi connectivity index (χ0n) is 13.0. The van der Waals surface area contributed by atoms with Crippen molar-refractivity contribution in [2.24, 2.45) is 5.73 Å². The molecule has 0 fully saturated rings. The number of hydrogen-bond acceptors (Lipinski definition) is 2. The maximum atomic E-state index is 5.52. The molecule has 3 N–H and O–H groups in total. The number of nitrogens with two attached hydrogens (primary N) is 1. The van der Waals surface area contributed by atoms with Gasteiger partial charge in [-0.25, -0.2) is 0 Å². The highest BCUT2D eigenvalue weighted by molar-refractivity contribution is 5.64. The van der Waals surface area contributed by atoms with Crippen molar-refractivity contribution in [2.75, 3.05) is 13.1 Å². The second-order valence-electron chi connectivity index (χ2n) is 4.96. The van der Waals surface area contributed by atoms with Gasteiger partial charge in [-0.3, -0.25) is 0 Å². The Bertz CT molecular complexity index is 658. The van der Waals surface area contributed by atoms with Gasteiger partial charge in [0.25, 0.3) is 0 Å². The summed E-state index contributed by atoms with van der Waals surface area (Å²) >= 11 is 0. The molecule has 0 unspecified atom stereocenters. The van der Waals surface area contributed by atoms with Gasteiger partial charge in [0.1, 0.15) is 0 Å². The van der Waals surface area contributed by atoms with Crippen LogP contribution >= 0.6 is 0 Å². The van der Waals surface area contributed by atoms with E-state index in [1.54, 1.807) is 0 Å². The van der Waals surface area contributed by atoms with Gasteiger partial charge in [0.05, 0.1) is 0 Å². The summed E-state index contributed by atoms with van der Waals surface area (Å²) < 4.78 is 0. The van der Waals surface area contributed by atoms with E-state index in [0.29, 0.717) is 6.54 Å². The predicted molar refractivity (Wildman–Crippen MR) is 94.2 cm³/mol. The minimum atomic E-state index is 0.706. The van der Waals surface area contributed by atoms with Gasteiger partial charge >= 0.3 is 0 Å². The number of nitrogens with one attached hydrogen (secondary N) is 1. The van der Waals surface area contributed by atoms with Crippen LogP contribution < -0.4 is 11.1 Å². The van der Waals surface area contributed by atoms with Gasteiger partial charge in [0, 0.05) is 23.4 Å². The van der Waals surface area contributed by atoms with E-state index >= 15 is 0 Å². The fourth-order valence-electron chi connectivity index (χ4n) is 2.09. The molecule has 0 spiro atoms. The topological polar surface area (TPSA) is 38.0 Å². The van der Waals surface area contributed by atoms with E-state index in [2.05, 4.69) is 47.5 Å². The lowest BCUT2D eigenvalue weighted by molar-refractivity contribution is 0.771. The number of rotatable bonds is 5. The highest BCUT2D eigenvalue weighted by Gasteiger charge is 1.99. The van der Waals surface area contributed by atoms with Crippen LogP contribution in [-0.2, 0) is 0 Å². The summed E-state index contributed by atoms with van der Waals surface area (Å²) in [7, 11) is 0. The van der Waals surface area contributed by atoms with E-state index in [0.717, 1.165) is 29.8 Å². The Balaban J connectivity index is 2.05. The third-order valence-electron chi connectivity index (χ3n) is 3.31. The number of benzene rings is 2. The second kappa shape index (κ2) is 8.71. The van der Waals surface area contributed by atoms with Gasteiger partial charge < -0.3 is 11.1 Å². The van der Waals surface area contributed by atoms with Crippen LogP contribution in [0.15, 0.2) is 60.7 Å². The fraction of sp³-hybridized carbons (Fsp3) is 0.200. The maximum absolute atomic E-state index is 5.52. The lowest BCUT2D eigenvalue weighted by atomic mass is 10.1. The van der Waals surface area contributed by atoms with Crippen molar-refractivity contribution in [3.63, 3.8) is 0 Å². The van der Waals surface area contributed by atoms with Crippen LogP contribution in [0.5, 0.6) is 0 Å². The van der Waals surface area contributed by atoms with Crippen molar-refractivity contribution in [3.05, 3.63) is 77.4 Å². The van der Waals surface area contributed by atoms with E-state index < -0.39 is 0 Å². The molecule has 0 aliphatic carbocycles.